The Labute approximate surface area is 138 Å². The maximum absolute atomic E-state index is 12.4. The van der Waals surface area contributed by atoms with Crippen LogP contribution in [0.3, 0.4) is 0 Å². The van der Waals surface area contributed by atoms with E-state index in [9.17, 15) is 13.2 Å². The van der Waals surface area contributed by atoms with Crippen LogP contribution in [-0.2, 0) is 27.7 Å². The number of hydrogen-bond donors (Lipinski definition) is 2. The number of hydrogen-bond acceptors (Lipinski definition) is 4. The number of carbonyl (C=O) groups is 1. The highest BCUT2D eigenvalue weighted by molar-refractivity contribution is 7.89. The minimum Gasteiger partial charge on any atom is -0.469 e. The third kappa shape index (κ3) is 3.57. The summed E-state index contributed by atoms with van der Waals surface area (Å²) in [7, 11) is -3.67. The minimum atomic E-state index is -3.67. The van der Waals surface area contributed by atoms with Crippen molar-refractivity contribution in [3.63, 3.8) is 0 Å². The van der Waals surface area contributed by atoms with Crippen molar-refractivity contribution in [3.8, 4) is 0 Å². The van der Waals surface area contributed by atoms with Crippen LogP contribution >= 0.6 is 11.6 Å². The molecule has 0 spiro atoms. The number of halogens is 1. The van der Waals surface area contributed by atoms with Crippen molar-refractivity contribution in [2.45, 2.75) is 24.2 Å². The van der Waals surface area contributed by atoms with Gasteiger partial charge in [-0.1, -0.05) is 11.6 Å². The van der Waals surface area contributed by atoms with Gasteiger partial charge in [-0.15, -0.1) is 0 Å². The molecule has 2 heterocycles. The van der Waals surface area contributed by atoms with Gasteiger partial charge in [0.25, 0.3) is 0 Å². The lowest BCUT2D eigenvalue weighted by atomic mass is 10.0. The molecule has 1 aromatic heterocycles. The molecule has 2 aromatic rings. The molecule has 2 N–H and O–H groups in total. The third-order valence-electron chi connectivity index (χ3n) is 3.59. The Morgan fingerprint density at radius 1 is 1.30 bits per heavy atom. The topological polar surface area (TPSA) is 88.4 Å². The second-order valence-corrected chi connectivity index (χ2v) is 7.39. The van der Waals surface area contributed by atoms with Crippen molar-refractivity contribution >= 4 is 33.2 Å². The number of carbonyl (C=O) groups excluding carboxylic acids is 1. The van der Waals surface area contributed by atoms with Gasteiger partial charge < -0.3 is 9.73 Å². The largest absolute Gasteiger partial charge is 0.469 e. The second-order valence-electron chi connectivity index (χ2n) is 5.21. The summed E-state index contributed by atoms with van der Waals surface area (Å²) >= 11 is 6.11. The van der Waals surface area contributed by atoms with Gasteiger partial charge in [0.05, 0.1) is 21.9 Å². The first kappa shape index (κ1) is 16.0. The summed E-state index contributed by atoms with van der Waals surface area (Å²) in [5.74, 6) is 0.588. The number of benzene rings is 1. The van der Waals surface area contributed by atoms with E-state index in [1.807, 2.05) is 0 Å². The molecule has 0 saturated carbocycles. The highest BCUT2D eigenvalue weighted by atomic mass is 35.5. The average Bonchev–Trinajstić information content (AvgIpc) is 3.01. The summed E-state index contributed by atoms with van der Waals surface area (Å²) in [4.78, 5) is 11.5. The zero-order chi connectivity index (χ0) is 16.4. The first-order valence-electron chi connectivity index (χ1n) is 7.10. The molecule has 3 rings (SSSR count). The van der Waals surface area contributed by atoms with Gasteiger partial charge in [-0.3, -0.25) is 4.79 Å². The molecule has 0 atom stereocenters. The van der Waals surface area contributed by atoms with E-state index in [0.29, 0.717) is 30.7 Å². The Morgan fingerprint density at radius 2 is 2.13 bits per heavy atom. The number of rotatable bonds is 5. The molecule has 0 unspecified atom stereocenters. The molecule has 23 heavy (non-hydrogen) atoms. The molecule has 1 aliphatic heterocycles. The van der Waals surface area contributed by atoms with E-state index in [4.69, 9.17) is 16.0 Å². The highest BCUT2D eigenvalue weighted by Gasteiger charge is 2.22. The molecular weight excluding hydrogens is 340 g/mol. The van der Waals surface area contributed by atoms with Crippen LogP contribution in [0.4, 0.5) is 5.69 Å². The fraction of sp³-hybridized carbons (Fsp3) is 0.267. The SMILES string of the molecule is O=C1CCc2cc(S(=O)(=O)NCCc3ccco3)cc(Cl)c2N1. The van der Waals surface area contributed by atoms with E-state index in [1.54, 1.807) is 24.5 Å². The normalized spacial score (nSPS) is 14.4. The van der Waals surface area contributed by atoms with Crippen molar-refractivity contribution in [2.75, 3.05) is 11.9 Å². The minimum absolute atomic E-state index is 0.0943. The summed E-state index contributed by atoms with van der Waals surface area (Å²) in [5.41, 5.74) is 1.22. The van der Waals surface area contributed by atoms with Crippen molar-refractivity contribution in [1.82, 2.24) is 4.72 Å². The summed E-state index contributed by atoms with van der Waals surface area (Å²) in [6, 6.07) is 6.44. The van der Waals surface area contributed by atoms with Crippen molar-refractivity contribution < 1.29 is 17.6 Å². The van der Waals surface area contributed by atoms with Gasteiger partial charge >= 0.3 is 0 Å². The number of aryl methyl sites for hydroxylation is 1. The lowest BCUT2D eigenvalue weighted by Crippen LogP contribution is -2.27. The van der Waals surface area contributed by atoms with Crippen LogP contribution in [0.15, 0.2) is 39.8 Å². The zero-order valence-corrected chi connectivity index (χ0v) is 13.7. The molecule has 0 fully saturated rings. The molecule has 1 aromatic carbocycles. The maximum Gasteiger partial charge on any atom is 0.240 e. The Morgan fingerprint density at radius 3 is 2.87 bits per heavy atom. The van der Waals surface area contributed by atoms with Crippen LogP contribution in [0.25, 0.3) is 0 Å². The lowest BCUT2D eigenvalue weighted by molar-refractivity contribution is -0.116. The third-order valence-corrected chi connectivity index (χ3v) is 5.32. The van der Waals surface area contributed by atoms with E-state index in [2.05, 4.69) is 10.0 Å². The molecule has 1 amide bonds. The lowest BCUT2D eigenvalue weighted by Gasteiger charge is -2.19. The predicted octanol–water partition coefficient (Wildman–Crippen LogP) is 2.34. The van der Waals surface area contributed by atoms with E-state index in [1.165, 1.54) is 6.07 Å². The summed E-state index contributed by atoms with van der Waals surface area (Å²) in [5, 5.41) is 2.89. The number of sulfonamides is 1. The number of fused-ring (bicyclic) bond motifs is 1. The van der Waals surface area contributed by atoms with Gasteiger partial charge in [0.2, 0.25) is 15.9 Å². The van der Waals surface area contributed by atoms with E-state index in [-0.39, 0.29) is 22.4 Å². The molecule has 0 radical (unpaired) electrons. The zero-order valence-electron chi connectivity index (χ0n) is 12.1. The van der Waals surface area contributed by atoms with Crippen molar-refractivity contribution in [2.24, 2.45) is 0 Å². The summed E-state index contributed by atoms with van der Waals surface area (Å²) in [6.07, 6.45) is 2.79. The molecule has 0 aliphatic carbocycles. The highest BCUT2D eigenvalue weighted by Crippen LogP contribution is 2.33. The van der Waals surface area contributed by atoms with E-state index in [0.717, 1.165) is 5.56 Å². The molecule has 8 heteroatoms. The fourth-order valence-corrected chi connectivity index (χ4v) is 3.88. The molecule has 122 valence electrons. The van der Waals surface area contributed by atoms with Gasteiger partial charge in [-0.25, -0.2) is 13.1 Å². The van der Waals surface area contributed by atoms with Crippen molar-refractivity contribution in [3.05, 3.63) is 46.9 Å². The van der Waals surface area contributed by atoms with Gasteiger partial charge in [0.15, 0.2) is 0 Å². The Balaban J connectivity index is 1.77. The molecular formula is C15H15ClN2O4S. The Hall–Kier alpha value is -1.83. The number of amides is 1. The fourth-order valence-electron chi connectivity index (χ4n) is 2.43. The number of anilines is 1. The Kier molecular flexibility index (Phi) is 4.43. The maximum atomic E-state index is 12.4. The standard InChI is InChI=1S/C15H15ClN2O4S/c16-13-9-12(8-10-3-4-14(19)18-15(10)13)23(20,21)17-6-5-11-2-1-7-22-11/h1-2,7-9,17H,3-6H2,(H,18,19). The van der Waals surface area contributed by atoms with Crippen molar-refractivity contribution in [1.29, 1.82) is 0 Å². The quantitative estimate of drug-likeness (QED) is 0.862. The molecule has 6 nitrogen and oxygen atoms in total. The van der Waals surface area contributed by atoms with Crippen LogP contribution in [-0.4, -0.2) is 20.9 Å². The van der Waals surface area contributed by atoms with Crippen LogP contribution in [0.2, 0.25) is 5.02 Å². The Bertz CT molecular complexity index is 831. The monoisotopic (exact) mass is 354 g/mol. The van der Waals surface area contributed by atoms with Gasteiger partial charge in [0.1, 0.15) is 5.76 Å². The molecule has 0 saturated heterocycles. The van der Waals surface area contributed by atoms with E-state index >= 15 is 0 Å². The van der Waals surface area contributed by atoms with Gasteiger partial charge in [-0.2, -0.15) is 0 Å². The first-order chi connectivity index (χ1) is 11.0. The first-order valence-corrected chi connectivity index (χ1v) is 8.96. The number of nitrogens with one attached hydrogen (secondary N) is 2. The molecule has 0 bridgehead atoms. The van der Waals surface area contributed by atoms with E-state index < -0.39 is 10.0 Å². The van der Waals surface area contributed by atoms with Crippen LogP contribution < -0.4 is 10.0 Å². The predicted molar refractivity (Wildman–Crippen MR) is 86.0 cm³/mol. The molecule has 1 aliphatic rings. The van der Waals surface area contributed by atoms with Crippen LogP contribution in [0.5, 0.6) is 0 Å². The summed E-state index contributed by atoms with van der Waals surface area (Å²) in [6.45, 7) is 0.223. The van der Waals surface area contributed by atoms with Gasteiger partial charge in [0, 0.05) is 19.4 Å². The summed E-state index contributed by atoms with van der Waals surface area (Å²) < 4.78 is 32.4. The van der Waals surface area contributed by atoms with Crippen LogP contribution in [0.1, 0.15) is 17.7 Å². The second kappa shape index (κ2) is 6.35. The average molecular weight is 355 g/mol. The smallest absolute Gasteiger partial charge is 0.240 e. The van der Waals surface area contributed by atoms with Gasteiger partial charge in [-0.05, 0) is 36.2 Å². The van der Waals surface area contributed by atoms with Crippen LogP contribution in [0, 0.1) is 0 Å². The number of furan rings is 1.